The number of hydrogen-bond donors (Lipinski definition) is 2. The smallest absolute Gasteiger partial charge is 0.177 e. The van der Waals surface area contributed by atoms with Crippen molar-refractivity contribution in [1.29, 1.82) is 0 Å². The van der Waals surface area contributed by atoms with Crippen molar-refractivity contribution in [2.75, 3.05) is 19.7 Å². The molecule has 124 valence electrons. The molecule has 4 rings (SSSR count). The fraction of sp³-hybridized carbons (Fsp3) is 0.667. The minimum Gasteiger partial charge on any atom is -0.375 e. The molecular formula is C18H26N4O. The van der Waals surface area contributed by atoms with E-state index in [4.69, 9.17) is 9.72 Å². The Hall–Kier alpha value is -1.46. The lowest BCUT2D eigenvalue weighted by Gasteiger charge is -2.33. The lowest BCUT2D eigenvalue weighted by atomic mass is 9.90. The second-order valence-electron chi connectivity index (χ2n) is 7.55. The maximum atomic E-state index is 5.99. The molecule has 5 heteroatoms. The van der Waals surface area contributed by atoms with Crippen molar-refractivity contribution < 1.29 is 4.74 Å². The van der Waals surface area contributed by atoms with Crippen LogP contribution in [0.25, 0.3) is 11.2 Å². The molecule has 2 N–H and O–H groups in total. The van der Waals surface area contributed by atoms with E-state index >= 15 is 0 Å². The van der Waals surface area contributed by atoms with Gasteiger partial charge in [-0.25, -0.2) is 9.97 Å². The molecule has 2 aromatic rings. The predicted molar refractivity (Wildman–Crippen MR) is 90.7 cm³/mol. The highest BCUT2D eigenvalue weighted by molar-refractivity contribution is 5.75. The van der Waals surface area contributed by atoms with E-state index in [-0.39, 0.29) is 5.60 Å². The lowest BCUT2D eigenvalue weighted by molar-refractivity contribution is -0.0620. The second kappa shape index (κ2) is 5.87. The zero-order chi connectivity index (χ0) is 15.9. The van der Waals surface area contributed by atoms with Gasteiger partial charge in [-0.3, -0.25) is 0 Å². The molecule has 5 nitrogen and oxygen atoms in total. The first-order valence-electron chi connectivity index (χ1n) is 8.81. The number of imidazole rings is 1. The summed E-state index contributed by atoms with van der Waals surface area (Å²) in [6.45, 7) is 7.27. The van der Waals surface area contributed by atoms with Crippen LogP contribution in [0.3, 0.4) is 0 Å². The molecule has 2 aliphatic rings. The van der Waals surface area contributed by atoms with Crippen molar-refractivity contribution in [3.63, 3.8) is 0 Å². The number of H-pyrrole nitrogens is 1. The zero-order valence-corrected chi connectivity index (χ0v) is 14.1. The highest BCUT2D eigenvalue weighted by atomic mass is 16.5. The van der Waals surface area contributed by atoms with E-state index in [1.165, 1.54) is 18.4 Å². The monoisotopic (exact) mass is 314 g/mol. The number of rotatable bonds is 2. The first kappa shape index (κ1) is 15.1. The van der Waals surface area contributed by atoms with E-state index in [9.17, 15) is 0 Å². The van der Waals surface area contributed by atoms with E-state index in [0.29, 0.717) is 11.8 Å². The number of hydrogen-bond acceptors (Lipinski definition) is 4. The molecule has 2 fully saturated rings. The largest absolute Gasteiger partial charge is 0.375 e. The zero-order valence-electron chi connectivity index (χ0n) is 14.1. The fourth-order valence-corrected chi connectivity index (χ4v) is 3.83. The molecule has 2 aromatic heterocycles. The average Bonchev–Trinajstić information content (AvgIpc) is 2.99. The number of nitrogens with one attached hydrogen (secondary N) is 2. The summed E-state index contributed by atoms with van der Waals surface area (Å²) >= 11 is 0. The van der Waals surface area contributed by atoms with Crippen LogP contribution in [0.4, 0.5) is 0 Å². The number of pyridine rings is 1. The van der Waals surface area contributed by atoms with Crippen LogP contribution in [-0.4, -0.2) is 40.2 Å². The molecule has 1 atom stereocenters. The lowest BCUT2D eigenvalue weighted by Crippen LogP contribution is -2.33. The van der Waals surface area contributed by atoms with Crippen LogP contribution in [0.1, 0.15) is 62.8 Å². The third-order valence-corrected chi connectivity index (χ3v) is 5.38. The Morgan fingerprint density at radius 3 is 2.74 bits per heavy atom. The third kappa shape index (κ3) is 3.00. The normalized spacial score (nSPS) is 25.7. The fourth-order valence-electron chi connectivity index (χ4n) is 3.83. The maximum absolute atomic E-state index is 5.99. The molecule has 2 saturated heterocycles. The summed E-state index contributed by atoms with van der Waals surface area (Å²) in [4.78, 5) is 12.8. The van der Waals surface area contributed by atoms with Gasteiger partial charge in [0.1, 0.15) is 5.82 Å². The number of aromatic amines is 1. The van der Waals surface area contributed by atoms with Crippen LogP contribution >= 0.6 is 0 Å². The molecule has 0 bridgehead atoms. The van der Waals surface area contributed by atoms with E-state index in [1.807, 2.05) is 6.20 Å². The molecule has 1 unspecified atom stereocenters. The Labute approximate surface area is 137 Å². The number of aromatic nitrogens is 3. The van der Waals surface area contributed by atoms with Gasteiger partial charge in [-0.05, 0) is 70.2 Å². The first-order chi connectivity index (χ1) is 11.1. The highest BCUT2D eigenvalue weighted by Crippen LogP contribution is 2.34. The van der Waals surface area contributed by atoms with Crippen LogP contribution < -0.4 is 5.32 Å². The molecule has 2 aliphatic heterocycles. The van der Waals surface area contributed by atoms with Crippen molar-refractivity contribution >= 4 is 11.2 Å². The molecule has 0 aromatic carbocycles. The van der Waals surface area contributed by atoms with Crippen LogP contribution in [0.15, 0.2) is 12.3 Å². The van der Waals surface area contributed by atoms with Crippen molar-refractivity contribution in [1.82, 2.24) is 20.3 Å². The summed E-state index contributed by atoms with van der Waals surface area (Å²) in [5.74, 6) is 2.01. The van der Waals surface area contributed by atoms with Gasteiger partial charge in [0.05, 0.1) is 17.7 Å². The predicted octanol–water partition coefficient (Wildman–Crippen LogP) is 3.10. The molecule has 4 heterocycles. The molecule has 23 heavy (non-hydrogen) atoms. The number of ether oxygens (including phenoxy) is 1. The van der Waals surface area contributed by atoms with Crippen LogP contribution in [0, 0.1) is 0 Å². The maximum Gasteiger partial charge on any atom is 0.177 e. The van der Waals surface area contributed by atoms with E-state index < -0.39 is 0 Å². The van der Waals surface area contributed by atoms with Crippen LogP contribution in [-0.2, 0) is 4.74 Å². The van der Waals surface area contributed by atoms with Gasteiger partial charge in [-0.1, -0.05) is 0 Å². The van der Waals surface area contributed by atoms with Crippen molar-refractivity contribution in [3.05, 3.63) is 23.7 Å². The Morgan fingerprint density at radius 2 is 2.00 bits per heavy atom. The standard InChI is InChI=1S/C18H26N4O/c1-18(2)7-3-13(11-23-18)16-21-15-14(6-10-20-17(15)22-16)12-4-8-19-9-5-12/h6,10,12-13,19H,3-5,7-9,11H2,1-2H3,(H,20,21,22). The molecule has 0 aliphatic carbocycles. The van der Waals surface area contributed by atoms with E-state index in [2.05, 4.69) is 35.2 Å². The summed E-state index contributed by atoms with van der Waals surface area (Å²) < 4.78 is 5.99. The second-order valence-corrected chi connectivity index (χ2v) is 7.55. The molecular weight excluding hydrogens is 288 g/mol. The van der Waals surface area contributed by atoms with E-state index in [1.54, 1.807) is 0 Å². The summed E-state index contributed by atoms with van der Waals surface area (Å²) in [5, 5.41) is 3.44. The topological polar surface area (TPSA) is 62.8 Å². The highest BCUT2D eigenvalue weighted by Gasteiger charge is 2.30. The van der Waals surface area contributed by atoms with E-state index in [0.717, 1.165) is 49.5 Å². The van der Waals surface area contributed by atoms with Gasteiger partial charge in [-0.15, -0.1) is 0 Å². The Morgan fingerprint density at radius 1 is 1.17 bits per heavy atom. The van der Waals surface area contributed by atoms with Crippen LogP contribution in [0.2, 0.25) is 0 Å². The third-order valence-electron chi connectivity index (χ3n) is 5.38. The van der Waals surface area contributed by atoms with Gasteiger partial charge in [0.25, 0.3) is 0 Å². The molecule has 0 amide bonds. The molecule has 0 radical (unpaired) electrons. The van der Waals surface area contributed by atoms with Gasteiger partial charge >= 0.3 is 0 Å². The van der Waals surface area contributed by atoms with Crippen molar-refractivity contribution in [3.8, 4) is 0 Å². The Kier molecular flexibility index (Phi) is 3.85. The average molecular weight is 314 g/mol. The first-order valence-corrected chi connectivity index (χ1v) is 8.81. The minimum absolute atomic E-state index is 0.00102. The van der Waals surface area contributed by atoms with Crippen LogP contribution in [0.5, 0.6) is 0 Å². The van der Waals surface area contributed by atoms with Gasteiger partial charge in [0, 0.05) is 12.1 Å². The summed E-state index contributed by atoms with van der Waals surface area (Å²) in [5.41, 5.74) is 3.38. The molecule has 0 spiro atoms. The SMILES string of the molecule is CC1(C)CCC(c2nc3nccc(C4CCNCC4)c3[nH]2)CO1. The van der Waals surface area contributed by atoms with Gasteiger partial charge in [0.2, 0.25) is 0 Å². The number of nitrogens with zero attached hydrogens (tertiary/aromatic N) is 2. The van der Waals surface area contributed by atoms with Gasteiger partial charge < -0.3 is 15.0 Å². The van der Waals surface area contributed by atoms with Gasteiger partial charge in [0.15, 0.2) is 5.65 Å². The molecule has 0 saturated carbocycles. The Balaban J connectivity index is 1.63. The number of fused-ring (bicyclic) bond motifs is 1. The number of piperidine rings is 1. The van der Waals surface area contributed by atoms with Gasteiger partial charge in [-0.2, -0.15) is 0 Å². The van der Waals surface area contributed by atoms with Crippen molar-refractivity contribution in [2.24, 2.45) is 0 Å². The summed E-state index contributed by atoms with van der Waals surface area (Å²) in [7, 11) is 0. The summed E-state index contributed by atoms with van der Waals surface area (Å²) in [6, 6.07) is 2.17. The quantitative estimate of drug-likeness (QED) is 0.894. The summed E-state index contributed by atoms with van der Waals surface area (Å²) in [6.07, 6.45) is 6.48. The minimum atomic E-state index is 0.00102. The Bertz CT molecular complexity index is 677. The van der Waals surface area contributed by atoms with Crippen molar-refractivity contribution in [2.45, 2.75) is 57.0 Å².